The van der Waals surface area contributed by atoms with Crippen molar-refractivity contribution in [2.24, 2.45) is 29.6 Å². The molecule has 5 atom stereocenters. The lowest BCUT2D eigenvalue weighted by molar-refractivity contribution is -0.138. The van der Waals surface area contributed by atoms with Gasteiger partial charge < -0.3 is 120 Å². The van der Waals surface area contributed by atoms with Gasteiger partial charge in [-0.1, -0.05) is 145 Å². The van der Waals surface area contributed by atoms with Crippen molar-refractivity contribution < 1.29 is 23.1 Å². The molecule has 17 N–H and O–H groups in total. The largest absolute Gasteiger partial charge is 0.396 e. The number of amides is 2. The predicted octanol–water partition coefficient (Wildman–Crippen LogP) is 15.4. The Labute approximate surface area is 907 Å². The van der Waals surface area contributed by atoms with E-state index in [9.17, 15) is 23.1 Å². The maximum Gasteiger partial charge on any atom is 0.226 e. The summed E-state index contributed by atoms with van der Waals surface area (Å²) < 4.78 is 23.0. The number of pyridine rings is 8. The Hall–Kier alpha value is -9.50. The van der Waals surface area contributed by atoms with Gasteiger partial charge in [-0.2, -0.15) is 5.26 Å². The SMILES string of the molecule is C.C.C.C.C.C.C.CN1CC2CN(c3c(N)cncc3Cl)CC2C1.CN1CCN(C(=O)C2CCN(c3c(N)cncc3Cl)CC2)CC1.CN1CCN(c2c(N)cncc2Cl)CC1.CS(=O)(=O)C1CCN(c2c(N)cncc2Cl)C1.N#C[C@@H]1CCN(c2c(N)cncc2Cl)C1.Nc1cncc(Cl)c1N1CCC(C(=O)N2CCN3CCC2CC3)CC1.Nc1cncc(Cl)c1N1CCC(O)C1.Nc1cncc(Cl)c1N1CCCC1. The molecule has 13 fully saturated rings. The number of piperazine rings is 2. The number of likely N-dealkylation sites (tertiary alicyclic amines) is 1. The van der Waals surface area contributed by atoms with E-state index in [-0.39, 0.29) is 81.1 Å². The maximum absolute atomic E-state index is 13.1. The Balaban J connectivity index is 0.000000256. The van der Waals surface area contributed by atoms with E-state index < -0.39 is 9.84 Å². The van der Waals surface area contributed by atoms with Crippen LogP contribution in [-0.2, 0) is 19.4 Å². The Morgan fingerprint density at radius 2 is 0.616 bits per heavy atom. The van der Waals surface area contributed by atoms with Crippen LogP contribution in [0.4, 0.5) is 91.0 Å². The first-order valence-electron chi connectivity index (χ1n) is 47.4. The molecule has 36 nitrogen and oxygen atoms in total. The molecule has 13 aliphatic rings. The zero-order valence-electron chi connectivity index (χ0n) is 79.4. The van der Waals surface area contributed by atoms with Crippen LogP contribution in [0.1, 0.15) is 123 Å². The van der Waals surface area contributed by atoms with Crippen LogP contribution in [0.5, 0.6) is 0 Å². The van der Waals surface area contributed by atoms with Crippen LogP contribution in [-0.4, -0.2) is 323 Å². The number of hydrogen-bond donors (Lipinski definition) is 9. The second-order valence-electron chi connectivity index (χ2n) is 37.5. The van der Waals surface area contributed by atoms with Gasteiger partial charge in [-0.3, -0.25) is 49.5 Å². The molecule has 2 bridgehead atoms. The summed E-state index contributed by atoms with van der Waals surface area (Å²) in [5.41, 5.74) is 58.8. The van der Waals surface area contributed by atoms with Gasteiger partial charge in [-0.05, 0) is 104 Å². The van der Waals surface area contributed by atoms with E-state index >= 15 is 0 Å². The summed E-state index contributed by atoms with van der Waals surface area (Å²) in [5, 5.41) is 22.5. The van der Waals surface area contributed by atoms with Crippen molar-refractivity contribution in [3.05, 3.63) is 139 Å². The number of likely N-dealkylation sites (N-methyl/N-ethyl adjacent to an activating group) is 2. The molecule has 13 saturated heterocycles. The minimum Gasteiger partial charge on any atom is -0.396 e. The molecule has 21 heterocycles. The number of sulfone groups is 1. The lowest BCUT2D eigenvalue weighted by Gasteiger charge is -2.38. The van der Waals surface area contributed by atoms with Crippen molar-refractivity contribution in [1.29, 1.82) is 5.26 Å². The van der Waals surface area contributed by atoms with Crippen LogP contribution in [0.25, 0.3) is 0 Å². The van der Waals surface area contributed by atoms with E-state index in [2.05, 4.69) is 116 Å². The number of β-amino-alcohol motifs (C(OH)–C–C–N with tert-alkyl or cyclic N) is 1. The normalized spacial score (nSPS) is 21.2. The van der Waals surface area contributed by atoms with E-state index in [1.165, 1.54) is 44.6 Å². The zero-order valence-corrected chi connectivity index (χ0v) is 86.2. The van der Waals surface area contributed by atoms with Gasteiger partial charge in [0.05, 0.1) is 204 Å². The molecule has 0 radical (unpaired) electrons. The van der Waals surface area contributed by atoms with E-state index in [4.69, 9.17) is 144 Å². The number of carbonyl (C=O) groups excluding carboxylic acids is 2. The van der Waals surface area contributed by atoms with Crippen molar-refractivity contribution in [3.8, 4) is 6.07 Å². The van der Waals surface area contributed by atoms with Gasteiger partial charge >= 0.3 is 0 Å². The molecule has 13 aliphatic heterocycles. The van der Waals surface area contributed by atoms with Crippen molar-refractivity contribution in [2.45, 2.75) is 140 Å². The molecule has 810 valence electrons. The van der Waals surface area contributed by atoms with Gasteiger partial charge in [0.25, 0.3) is 0 Å². The quantitative estimate of drug-likeness (QED) is 0.0581. The molecular weight excluding hydrogens is 2040 g/mol. The second kappa shape index (κ2) is 58.6. The predicted molar refractivity (Wildman–Crippen MR) is 614 cm³/mol. The number of aliphatic hydroxyl groups excluding tert-OH is 1. The van der Waals surface area contributed by atoms with Crippen molar-refractivity contribution in [1.82, 2.24) is 69.3 Å². The molecule has 0 aromatic carbocycles. The number of aliphatic hydroxyl groups is 1. The number of anilines is 16. The molecule has 0 aliphatic carbocycles. The topological polar surface area (TPSA) is 469 Å². The number of nitrogen functional groups attached to an aromatic ring is 8. The van der Waals surface area contributed by atoms with Crippen LogP contribution in [0, 0.1) is 40.9 Å². The lowest BCUT2D eigenvalue weighted by atomic mass is 9.93. The van der Waals surface area contributed by atoms with Gasteiger partial charge in [-0.15, -0.1) is 0 Å². The third kappa shape index (κ3) is 32.5. The third-order valence-electron chi connectivity index (χ3n) is 27.7. The molecule has 4 unspecified atom stereocenters. The summed E-state index contributed by atoms with van der Waals surface area (Å²) in [5.74, 6) is 2.51. The first-order valence-corrected chi connectivity index (χ1v) is 52.3. The van der Waals surface area contributed by atoms with Crippen LogP contribution >= 0.6 is 92.8 Å². The van der Waals surface area contributed by atoms with Gasteiger partial charge in [0.15, 0.2) is 9.84 Å². The smallest absolute Gasteiger partial charge is 0.226 e. The van der Waals surface area contributed by atoms with Crippen molar-refractivity contribution in [3.63, 3.8) is 0 Å². The highest BCUT2D eigenvalue weighted by Crippen LogP contribution is 2.44. The average Bonchev–Trinajstić information content (AvgIpc) is 1.64. The Morgan fingerprint density at radius 1 is 0.322 bits per heavy atom. The minimum atomic E-state index is -3.01. The second-order valence-corrected chi connectivity index (χ2v) is 43.1. The monoisotopic (exact) mass is 2200 g/mol. The summed E-state index contributed by atoms with van der Waals surface area (Å²) in [6.45, 7) is 25.7. The number of hydrogen-bond acceptors (Lipinski definition) is 34. The number of piperidine rings is 3. The Morgan fingerprint density at radius 3 is 0.938 bits per heavy atom. The molecular formula is C101H159Cl8N31O5S. The lowest BCUT2D eigenvalue weighted by Crippen LogP contribution is -2.50. The van der Waals surface area contributed by atoms with E-state index in [1.54, 1.807) is 86.8 Å². The average molecular weight is 2200 g/mol. The standard InChI is InChI=1S/C18H26ClN5O.C16H24ClN5O.C12H17ClN4.C10H15ClN4.C10H11ClN4.C10H14ClN3O2S.C9H12ClN3O.C9H12ClN3.7CH4/c19-15-11-21-12-16(20)17(15)23-7-1-13(2-8-23)18(25)24-10-9-22-5-3-14(24)4-6-22;1-20-6-8-22(9-7-20)16(23)12-2-4-21(5-3-12)15-13(17)10-19-11-14(15)18;1-16-4-8-6-17(7-9(8)5-16)12-10(13)2-15-3-11(12)14;1-14-2-4-15(5-3-14)10-8(11)6-13-7-9(10)12;11-8-4-14-5-9(13)10(8)15-2-1-7(3-12)6-15;1-17(15,16)7-2-3-14(6-7)10-8(11)4-13-5-9(10)12;10-7-3-12-4-8(11)9(7)13-2-1-6(14)5-13;10-7-5-12-6-8(11)9(7)13-3-1-2-4-13;;;;;;;/h11-14H,1-10,20H2;10-12H,2-9,18H2,1H3;2-3,8-9H,4-7,14H2,1H3;6-7H,2-5,12H2,1H3;4-5,7H,1-2,6,13H2;4-5,7H,2-3,6,12H2,1H3;3-4,6,14H,1-2,5,11H2;5-6H,1-4,11H2;7*1H4/t;;;;7-;;;;;;;;;;/m....0........../s1. The molecule has 45 heteroatoms. The minimum absolute atomic E-state index is 0. The van der Waals surface area contributed by atoms with Crippen LogP contribution in [0.3, 0.4) is 0 Å². The number of halogens is 8. The van der Waals surface area contributed by atoms with E-state index in [1.807, 2.05) is 19.6 Å². The van der Waals surface area contributed by atoms with Crippen molar-refractivity contribution in [2.75, 3.05) is 296 Å². The molecule has 146 heavy (non-hydrogen) atoms. The highest BCUT2D eigenvalue weighted by molar-refractivity contribution is 7.91. The molecule has 2 amide bonds. The summed E-state index contributed by atoms with van der Waals surface area (Å²) in [6.07, 6.45) is 37.2. The Kier molecular flexibility index (Phi) is 50.3. The van der Waals surface area contributed by atoms with Crippen molar-refractivity contribution >= 4 is 205 Å². The van der Waals surface area contributed by atoms with E-state index in [0.717, 1.165) is 247 Å². The van der Waals surface area contributed by atoms with Gasteiger partial charge in [0.1, 0.15) is 0 Å². The van der Waals surface area contributed by atoms with Crippen LogP contribution in [0.15, 0.2) is 99.1 Å². The van der Waals surface area contributed by atoms with Gasteiger partial charge in [0.2, 0.25) is 11.8 Å². The summed E-state index contributed by atoms with van der Waals surface area (Å²) in [4.78, 5) is 88.1. The number of nitriles is 1. The number of carbonyl (C=O) groups is 2. The number of nitrogens with two attached hydrogens (primary N) is 8. The van der Waals surface area contributed by atoms with E-state index in [0.29, 0.717) is 142 Å². The fraction of sp³-hybridized carbons (Fsp3) is 0.574. The maximum atomic E-state index is 13.1. The number of nitrogens with zero attached hydrogens (tertiary/aromatic N) is 23. The summed E-state index contributed by atoms with van der Waals surface area (Å²) >= 11 is 48.9. The number of aromatic nitrogens is 8. The molecule has 0 spiro atoms. The van der Waals surface area contributed by atoms with Crippen LogP contribution < -0.4 is 85.1 Å². The fourth-order valence-corrected chi connectivity index (χ4v) is 23.6. The molecule has 8 aromatic heterocycles. The number of fused-ring (bicyclic) bond motifs is 5. The number of rotatable bonds is 11. The summed E-state index contributed by atoms with van der Waals surface area (Å²) in [7, 11) is 3.40. The first-order chi connectivity index (χ1) is 66.6. The summed E-state index contributed by atoms with van der Waals surface area (Å²) in [6, 6.07) is 2.71. The molecule has 21 rings (SSSR count). The molecule has 0 saturated carbocycles. The van der Waals surface area contributed by atoms with Crippen LogP contribution in [0.2, 0.25) is 40.2 Å². The zero-order chi connectivity index (χ0) is 99.5. The highest BCUT2D eigenvalue weighted by atomic mass is 35.5. The van der Waals surface area contributed by atoms with Gasteiger partial charge in [-0.25, -0.2) is 8.42 Å². The fourth-order valence-electron chi connectivity index (χ4n) is 20.3. The van der Waals surface area contributed by atoms with Gasteiger partial charge in [0, 0.05) is 257 Å². The first kappa shape index (κ1) is 125. The molecule has 8 aromatic rings. The highest BCUT2D eigenvalue weighted by Gasteiger charge is 2.42. The Bertz CT molecular complexity index is 5420. The third-order valence-corrected chi connectivity index (χ3v) is 31.6.